The van der Waals surface area contributed by atoms with Crippen LogP contribution in [0.25, 0.3) is 0 Å². The zero-order chi connectivity index (χ0) is 21.3. The summed E-state index contributed by atoms with van der Waals surface area (Å²) in [6, 6.07) is 13.6. The van der Waals surface area contributed by atoms with Gasteiger partial charge in [0.15, 0.2) is 11.5 Å². The maximum atomic E-state index is 12.6. The average molecular weight is 405 g/mol. The second-order valence-electron chi connectivity index (χ2n) is 7.40. The quantitative estimate of drug-likeness (QED) is 0.678. The molecule has 154 valence electrons. The summed E-state index contributed by atoms with van der Waals surface area (Å²) < 4.78 is 11.5. The monoisotopic (exact) mass is 405 g/mol. The molecule has 3 aromatic rings. The summed E-state index contributed by atoms with van der Waals surface area (Å²) in [6.45, 7) is 4.13. The Morgan fingerprint density at radius 1 is 1.07 bits per heavy atom. The van der Waals surface area contributed by atoms with E-state index in [0.717, 1.165) is 11.1 Å². The molecule has 1 aliphatic rings. The fourth-order valence-electron chi connectivity index (χ4n) is 3.63. The van der Waals surface area contributed by atoms with Gasteiger partial charge in [0, 0.05) is 12.3 Å². The molecule has 7 nitrogen and oxygen atoms in total. The van der Waals surface area contributed by atoms with Crippen LogP contribution >= 0.6 is 0 Å². The van der Waals surface area contributed by atoms with E-state index in [1.165, 1.54) is 5.56 Å². The summed E-state index contributed by atoms with van der Waals surface area (Å²) in [5.41, 5.74) is 3.24. The second kappa shape index (κ2) is 8.02. The zero-order valence-electron chi connectivity index (χ0n) is 17.1. The number of aromatic amines is 1. The van der Waals surface area contributed by atoms with Gasteiger partial charge in [-0.25, -0.2) is 4.98 Å². The third-order valence-electron chi connectivity index (χ3n) is 5.17. The Hall–Kier alpha value is -3.61. The van der Waals surface area contributed by atoms with E-state index in [4.69, 9.17) is 9.47 Å². The number of methoxy groups -OCH3 is 1. The van der Waals surface area contributed by atoms with Crippen LogP contribution in [-0.2, 0) is 11.4 Å². The molecule has 30 heavy (non-hydrogen) atoms. The zero-order valence-corrected chi connectivity index (χ0v) is 17.1. The predicted molar refractivity (Wildman–Crippen MR) is 113 cm³/mol. The summed E-state index contributed by atoms with van der Waals surface area (Å²) in [6.07, 6.45) is 0.160. The van der Waals surface area contributed by atoms with Crippen molar-refractivity contribution in [3.63, 3.8) is 0 Å². The number of fused-ring (bicyclic) bond motifs is 1. The van der Waals surface area contributed by atoms with Gasteiger partial charge in [0.05, 0.1) is 12.7 Å². The minimum atomic E-state index is -0.411. The van der Waals surface area contributed by atoms with E-state index in [-0.39, 0.29) is 17.9 Å². The molecule has 0 unspecified atom stereocenters. The number of hydrogen-bond donors (Lipinski definition) is 2. The fourth-order valence-corrected chi connectivity index (χ4v) is 3.63. The van der Waals surface area contributed by atoms with Crippen molar-refractivity contribution < 1.29 is 14.3 Å². The molecular formula is C23H23N3O4. The topological polar surface area (TPSA) is 93.3 Å². The van der Waals surface area contributed by atoms with Crippen LogP contribution in [0.2, 0.25) is 0 Å². The largest absolute Gasteiger partial charge is 0.493 e. The van der Waals surface area contributed by atoms with Crippen LogP contribution in [-0.4, -0.2) is 23.0 Å². The summed E-state index contributed by atoms with van der Waals surface area (Å²) >= 11 is 0. The number of rotatable bonds is 5. The third kappa shape index (κ3) is 3.91. The second-order valence-corrected chi connectivity index (χ2v) is 7.40. The third-order valence-corrected chi connectivity index (χ3v) is 5.17. The minimum absolute atomic E-state index is 0.160. The van der Waals surface area contributed by atoms with Gasteiger partial charge in [0.25, 0.3) is 5.56 Å². The first-order chi connectivity index (χ1) is 14.4. The number of aromatic nitrogens is 2. The highest BCUT2D eigenvalue weighted by molar-refractivity contribution is 5.94. The van der Waals surface area contributed by atoms with E-state index < -0.39 is 5.92 Å². The van der Waals surface area contributed by atoms with Gasteiger partial charge in [0.1, 0.15) is 18.2 Å². The van der Waals surface area contributed by atoms with Crippen molar-refractivity contribution in [2.75, 3.05) is 12.4 Å². The molecule has 0 saturated heterocycles. The molecule has 0 radical (unpaired) electrons. The number of amides is 1. The lowest BCUT2D eigenvalue weighted by Crippen LogP contribution is -2.31. The molecule has 0 bridgehead atoms. The molecule has 1 aromatic heterocycles. The van der Waals surface area contributed by atoms with E-state index >= 15 is 0 Å². The Labute approximate surface area is 174 Å². The maximum Gasteiger partial charge on any atom is 0.256 e. The first-order valence-corrected chi connectivity index (χ1v) is 9.71. The summed E-state index contributed by atoms with van der Waals surface area (Å²) in [4.78, 5) is 31.8. The number of benzene rings is 2. The molecule has 0 saturated carbocycles. The summed E-state index contributed by atoms with van der Waals surface area (Å²) in [5, 5.41) is 2.70. The first-order valence-electron chi connectivity index (χ1n) is 9.71. The Bertz CT molecular complexity index is 1150. The van der Waals surface area contributed by atoms with Crippen LogP contribution in [0, 0.1) is 13.8 Å². The van der Waals surface area contributed by atoms with Gasteiger partial charge in [-0.2, -0.15) is 0 Å². The number of ether oxygens (including phenoxy) is 2. The van der Waals surface area contributed by atoms with Gasteiger partial charge in [0.2, 0.25) is 5.91 Å². The van der Waals surface area contributed by atoms with Crippen molar-refractivity contribution in [1.29, 1.82) is 0 Å². The molecular weight excluding hydrogens is 382 g/mol. The summed E-state index contributed by atoms with van der Waals surface area (Å²) in [7, 11) is 1.57. The van der Waals surface area contributed by atoms with Crippen LogP contribution in [0.3, 0.4) is 0 Å². The van der Waals surface area contributed by atoms with Crippen molar-refractivity contribution in [3.8, 4) is 11.5 Å². The van der Waals surface area contributed by atoms with Crippen LogP contribution < -0.4 is 20.3 Å². The van der Waals surface area contributed by atoms with E-state index in [1.807, 2.05) is 49.4 Å². The Morgan fingerprint density at radius 2 is 1.83 bits per heavy atom. The van der Waals surface area contributed by atoms with Gasteiger partial charge >= 0.3 is 0 Å². The van der Waals surface area contributed by atoms with Crippen LogP contribution in [0.15, 0.2) is 47.3 Å². The Balaban J connectivity index is 1.64. The number of aryl methyl sites for hydroxylation is 2. The number of anilines is 1. The summed E-state index contributed by atoms with van der Waals surface area (Å²) in [5.74, 6) is 1.32. The standard InChI is InChI=1S/C23H23N3O4/c1-13-4-6-15(7-5-13)12-30-18-9-8-16(10-19(18)29-3)17-11-20(27)26-22-21(17)23(28)25-14(2)24-22/h4-10,17H,11-12H2,1-3H3,(H2,24,25,26,27,28)/t17-/m0/s1. The van der Waals surface area contributed by atoms with Gasteiger partial charge < -0.3 is 19.8 Å². The number of nitrogens with one attached hydrogen (secondary N) is 2. The highest BCUT2D eigenvalue weighted by Crippen LogP contribution is 2.38. The minimum Gasteiger partial charge on any atom is -0.493 e. The van der Waals surface area contributed by atoms with Crippen LogP contribution in [0.4, 0.5) is 5.82 Å². The van der Waals surface area contributed by atoms with Crippen molar-refractivity contribution >= 4 is 11.7 Å². The molecule has 4 rings (SSSR count). The molecule has 2 N–H and O–H groups in total. The SMILES string of the molecule is COc1cc([C@@H]2CC(=O)Nc3nc(C)[nH]c(=O)c32)ccc1OCc1ccc(C)cc1. The lowest BCUT2D eigenvalue weighted by atomic mass is 9.86. The molecule has 1 aliphatic heterocycles. The molecule has 0 spiro atoms. The van der Waals surface area contributed by atoms with E-state index in [9.17, 15) is 9.59 Å². The van der Waals surface area contributed by atoms with Crippen molar-refractivity contribution in [3.05, 3.63) is 80.9 Å². The fraction of sp³-hybridized carbons (Fsp3) is 0.261. The maximum absolute atomic E-state index is 12.6. The molecule has 0 aliphatic carbocycles. The van der Waals surface area contributed by atoms with Gasteiger partial charge in [-0.05, 0) is 37.1 Å². The Kier molecular flexibility index (Phi) is 5.27. The molecule has 2 heterocycles. The number of nitrogens with zero attached hydrogens (tertiary/aromatic N) is 1. The van der Waals surface area contributed by atoms with E-state index in [0.29, 0.717) is 35.3 Å². The molecule has 7 heteroatoms. The van der Waals surface area contributed by atoms with Crippen LogP contribution in [0.1, 0.15) is 40.4 Å². The van der Waals surface area contributed by atoms with Crippen molar-refractivity contribution in [2.24, 2.45) is 0 Å². The van der Waals surface area contributed by atoms with Gasteiger partial charge in [-0.3, -0.25) is 9.59 Å². The van der Waals surface area contributed by atoms with Crippen molar-refractivity contribution in [2.45, 2.75) is 32.8 Å². The number of carbonyl (C=O) groups is 1. The number of H-pyrrole nitrogens is 1. The molecule has 0 fully saturated rings. The van der Waals surface area contributed by atoms with Crippen LogP contribution in [0.5, 0.6) is 11.5 Å². The number of carbonyl (C=O) groups excluding carboxylic acids is 1. The highest BCUT2D eigenvalue weighted by Gasteiger charge is 2.31. The van der Waals surface area contributed by atoms with Gasteiger partial charge in [-0.1, -0.05) is 35.9 Å². The normalized spacial score (nSPS) is 15.3. The average Bonchev–Trinajstić information content (AvgIpc) is 2.72. The predicted octanol–water partition coefficient (Wildman–Crippen LogP) is 3.45. The smallest absolute Gasteiger partial charge is 0.256 e. The molecule has 1 amide bonds. The lowest BCUT2D eigenvalue weighted by molar-refractivity contribution is -0.116. The molecule has 2 aromatic carbocycles. The van der Waals surface area contributed by atoms with E-state index in [2.05, 4.69) is 15.3 Å². The number of hydrogen-bond acceptors (Lipinski definition) is 5. The Morgan fingerprint density at radius 3 is 2.57 bits per heavy atom. The highest BCUT2D eigenvalue weighted by atomic mass is 16.5. The van der Waals surface area contributed by atoms with Gasteiger partial charge in [-0.15, -0.1) is 0 Å². The first kappa shape index (κ1) is 19.7. The van der Waals surface area contributed by atoms with Crippen molar-refractivity contribution in [1.82, 2.24) is 9.97 Å². The lowest BCUT2D eigenvalue weighted by Gasteiger charge is -2.25. The van der Waals surface area contributed by atoms with E-state index in [1.54, 1.807) is 14.0 Å². The molecule has 1 atom stereocenters.